The van der Waals surface area contributed by atoms with Gasteiger partial charge in [0.1, 0.15) is 5.75 Å². The summed E-state index contributed by atoms with van der Waals surface area (Å²) in [7, 11) is 0. The van der Waals surface area contributed by atoms with E-state index in [-0.39, 0.29) is 24.0 Å². The number of aliphatic carboxylic acids is 1. The molecule has 0 unspecified atom stereocenters. The van der Waals surface area contributed by atoms with Crippen LogP contribution in [0.5, 0.6) is 5.75 Å². The molecule has 1 saturated heterocycles. The molecule has 1 fully saturated rings. The molecule has 2 rings (SSSR count). The number of benzene rings is 1. The molecule has 0 radical (unpaired) electrons. The lowest BCUT2D eigenvalue weighted by atomic mass is 9.95. The van der Waals surface area contributed by atoms with Crippen molar-refractivity contribution in [3.8, 4) is 5.75 Å². The summed E-state index contributed by atoms with van der Waals surface area (Å²) in [5, 5.41) is 17.7. The van der Waals surface area contributed by atoms with E-state index in [9.17, 15) is 9.59 Å². The van der Waals surface area contributed by atoms with Crippen LogP contribution >= 0.6 is 0 Å². The van der Waals surface area contributed by atoms with Crippen LogP contribution in [-0.2, 0) is 4.79 Å². The van der Waals surface area contributed by atoms with Gasteiger partial charge >= 0.3 is 5.97 Å². The Morgan fingerprint density at radius 1 is 1.24 bits per heavy atom. The minimum absolute atomic E-state index is 0.0635. The van der Waals surface area contributed by atoms with Gasteiger partial charge in [0.25, 0.3) is 5.91 Å². The maximum atomic E-state index is 11.9. The Morgan fingerprint density at radius 3 is 2.35 bits per heavy atom. The van der Waals surface area contributed by atoms with Gasteiger partial charge in [-0.05, 0) is 24.3 Å². The average Bonchev–Trinajstić information content (AvgIpc) is 2.23. The third-order valence-electron chi connectivity index (χ3n) is 2.82. The second-order valence-corrected chi connectivity index (χ2v) is 4.22. The van der Waals surface area contributed by atoms with Crippen molar-refractivity contribution in [3.05, 3.63) is 29.8 Å². The summed E-state index contributed by atoms with van der Waals surface area (Å²) >= 11 is 0. The van der Waals surface area contributed by atoms with Crippen molar-refractivity contribution in [1.82, 2.24) is 4.90 Å². The first kappa shape index (κ1) is 11.4. The van der Waals surface area contributed by atoms with Crippen molar-refractivity contribution in [1.29, 1.82) is 0 Å². The monoisotopic (exact) mass is 235 g/mol. The number of likely N-dealkylation sites (tertiary alicyclic amines) is 1. The normalized spacial score (nSPS) is 15.4. The molecule has 0 aliphatic carbocycles. The van der Waals surface area contributed by atoms with Crippen molar-refractivity contribution in [3.63, 3.8) is 0 Å². The Hall–Kier alpha value is -2.04. The second-order valence-electron chi connectivity index (χ2n) is 4.22. The number of aromatic hydroxyl groups is 1. The van der Waals surface area contributed by atoms with Crippen molar-refractivity contribution in [2.24, 2.45) is 5.92 Å². The quantitative estimate of drug-likeness (QED) is 0.817. The van der Waals surface area contributed by atoms with Crippen LogP contribution in [0.15, 0.2) is 24.3 Å². The number of carbonyl (C=O) groups excluding carboxylic acids is 1. The SMILES string of the molecule is O=C(O)CC1CN(C(=O)c2ccc(O)cc2)C1. The van der Waals surface area contributed by atoms with Crippen LogP contribution in [0.3, 0.4) is 0 Å². The van der Waals surface area contributed by atoms with Crippen LogP contribution in [0, 0.1) is 5.92 Å². The predicted octanol–water partition coefficient (Wildman–Crippen LogP) is 0.939. The Kier molecular flexibility index (Phi) is 2.99. The number of carboxylic acids is 1. The van der Waals surface area contributed by atoms with E-state index >= 15 is 0 Å². The maximum Gasteiger partial charge on any atom is 0.303 e. The van der Waals surface area contributed by atoms with E-state index in [0.717, 1.165) is 0 Å². The highest BCUT2D eigenvalue weighted by molar-refractivity contribution is 5.94. The first-order valence-electron chi connectivity index (χ1n) is 5.36. The number of rotatable bonds is 3. The number of carboxylic acid groups (broad SMARTS) is 1. The van der Waals surface area contributed by atoms with Crippen LogP contribution in [0.1, 0.15) is 16.8 Å². The van der Waals surface area contributed by atoms with Crippen molar-refractivity contribution < 1.29 is 19.8 Å². The zero-order valence-corrected chi connectivity index (χ0v) is 9.17. The van der Waals surface area contributed by atoms with E-state index in [1.165, 1.54) is 12.1 Å². The topological polar surface area (TPSA) is 77.8 Å². The third kappa shape index (κ3) is 2.55. The highest BCUT2D eigenvalue weighted by Gasteiger charge is 2.32. The van der Waals surface area contributed by atoms with E-state index in [1.807, 2.05) is 0 Å². The Bertz CT molecular complexity index is 434. The third-order valence-corrected chi connectivity index (χ3v) is 2.82. The second kappa shape index (κ2) is 4.45. The van der Waals surface area contributed by atoms with Crippen molar-refractivity contribution in [2.75, 3.05) is 13.1 Å². The zero-order valence-electron chi connectivity index (χ0n) is 9.17. The van der Waals surface area contributed by atoms with Gasteiger partial charge in [-0.15, -0.1) is 0 Å². The van der Waals surface area contributed by atoms with Gasteiger partial charge in [-0.25, -0.2) is 0 Å². The molecule has 2 N–H and O–H groups in total. The molecule has 0 atom stereocenters. The summed E-state index contributed by atoms with van der Waals surface area (Å²) < 4.78 is 0. The van der Waals surface area contributed by atoms with E-state index in [4.69, 9.17) is 10.2 Å². The Morgan fingerprint density at radius 2 is 1.82 bits per heavy atom. The number of phenols is 1. The van der Waals surface area contributed by atoms with Crippen LogP contribution in [0.2, 0.25) is 0 Å². The number of hydrogen-bond donors (Lipinski definition) is 2. The Labute approximate surface area is 98.3 Å². The van der Waals surface area contributed by atoms with Gasteiger partial charge in [0.05, 0.1) is 6.42 Å². The molecule has 0 saturated carbocycles. The molecule has 1 aromatic carbocycles. The summed E-state index contributed by atoms with van der Waals surface area (Å²) in [4.78, 5) is 23.9. The summed E-state index contributed by atoms with van der Waals surface area (Å²) in [6.07, 6.45) is 0.110. The summed E-state index contributed by atoms with van der Waals surface area (Å²) in [5.41, 5.74) is 0.511. The molecule has 5 nitrogen and oxygen atoms in total. The number of hydrogen-bond acceptors (Lipinski definition) is 3. The summed E-state index contributed by atoms with van der Waals surface area (Å²) in [6.45, 7) is 0.984. The minimum Gasteiger partial charge on any atom is -0.508 e. The first-order valence-corrected chi connectivity index (χ1v) is 5.36. The zero-order chi connectivity index (χ0) is 12.4. The lowest BCUT2D eigenvalue weighted by Crippen LogP contribution is -2.50. The molecule has 0 spiro atoms. The molecule has 1 amide bonds. The fourth-order valence-corrected chi connectivity index (χ4v) is 1.90. The van der Waals surface area contributed by atoms with Gasteiger partial charge in [0.15, 0.2) is 0 Å². The molecule has 1 aliphatic heterocycles. The fourth-order valence-electron chi connectivity index (χ4n) is 1.90. The van der Waals surface area contributed by atoms with Crippen LogP contribution < -0.4 is 0 Å². The minimum atomic E-state index is -0.827. The lowest BCUT2D eigenvalue weighted by molar-refractivity contribution is -0.139. The van der Waals surface area contributed by atoms with Gasteiger partial charge in [0.2, 0.25) is 0 Å². The molecule has 1 aromatic rings. The van der Waals surface area contributed by atoms with Crippen molar-refractivity contribution in [2.45, 2.75) is 6.42 Å². The maximum absolute atomic E-state index is 11.9. The van der Waals surface area contributed by atoms with E-state index in [1.54, 1.807) is 17.0 Å². The molecule has 0 bridgehead atoms. The largest absolute Gasteiger partial charge is 0.508 e. The number of carbonyl (C=O) groups is 2. The fraction of sp³-hybridized carbons (Fsp3) is 0.333. The Balaban J connectivity index is 1.91. The molecule has 5 heteroatoms. The van der Waals surface area contributed by atoms with Crippen LogP contribution in [-0.4, -0.2) is 40.1 Å². The lowest BCUT2D eigenvalue weighted by Gasteiger charge is -2.38. The van der Waals surface area contributed by atoms with Gasteiger partial charge in [-0.3, -0.25) is 9.59 Å². The summed E-state index contributed by atoms with van der Waals surface area (Å²) in [5.74, 6) is -0.763. The number of amides is 1. The predicted molar refractivity (Wildman–Crippen MR) is 59.8 cm³/mol. The highest BCUT2D eigenvalue weighted by atomic mass is 16.4. The van der Waals surface area contributed by atoms with Gasteiger partial charge in [-0.2, -0.15) is 0 Å². The van der Waals surface area contributed by atoms with E-state index in [0.29, 0.717) is 18.7 Å². The smallest absolute Gasteiger partial charge is 0.303 e. The van der Waals surface area contributed by atoms with Crippen LogP contribution in [0.4, 0.5) is 0 Å². The standard InChI is InChI=1S/C12H13NO4/c14-10-3-1-9(2-4-10)12(17)13-6-8(7-13)5-11(15)16/h1-4,8,14H,5-7H2,(H,15,16). The van der Waals surface area contributed by atoms with Gasteiger partial charge in [-0.1, -0.05) is 0 Å². The number of phenolic OH excluding ortho intramolecular Hbond substituents is 1. The molecule has 1 heterocycles. The van der Waals surface area contributed by atoms with Gasteiger partial charge < -0.3 is 15.1 Å². The van der Waals surface area contributed by atoms with E-state index < -0.39 is 5.97 Å². The highest BCUT2D eigenvalue weighted by Crippen LogP contribution is 2.22. The van der Waals surface area contributed by atoms with Gasteiger partial charge in [0, 0.05) is 24.6 Å². The molecule has 17 heavy (non-hydrogen) atoms. The molecule has 90 valence electrons. The van der Waals surface area contributed by atoms with Crippen molar-refractivity contribution >= 4 is 11.9 Å². The molecular weight excluding hydrogens is 222 g/mol. The average molecular weight is 235 g/mol. The first-order chi connectivity index (χ1) is 8.06. The molecular formula is C12H13NO4. The molecule has 0 aromatic heterocycles. The molecule has 1 aliphatic rings. The van der Waals surface area contributed by atoms with E-state index in [2.05, 4.69) is 0 Å². The summed E-state index contributed by atoms with van der Waals surface area (Å²) in [6, 6.07) is 6.04. The van der Waals surface area contributed by atoms with Crippen LogP contribution in [0.25, 0.3) is 0 Å². The number of nitrogens with zero attached hydrogens (tertiary/aromatic N) is 1.